The van der Waals surface area contributed by atoms with Gasteiger partial charge >= 0.3 is 0 Å². The van der Waals surface area contributed by atoms with Crippen molar-refractivity contribution in [3.63, 3.8) is 0 Å². The Hall–Kier alpha value is -1.49. The first kappa shape index (κ1) is 13.9. The number of hydrogen-bond donors (Lipinski definition) is 1. The lowest BCUT2D eigenvalue weighted by molar-refractivity contribution is 0.162. The van der Waals surface area contributed by atoms with Crippen molar-refractivity contribution in [3.05, 3.63) is 29.0 Å². The first-order chi connectivity index (χ1) is 9.08. The van der Waals surface area contributed by atoms with Crippen molar-refractivity contribution in [2.75, 3.05) is 6.61 Å². The predicted octanol–water partition coefficient (Wildman–Crippen LogP) is 2.74. The molecule has 0 radical (unpaired) electrons. The molecule has 19 heavy (non-hydrogen) atoms. The Bertz CT molecular complexity index is 482. The first-order valence-corrected chi connectivity index (χ1v) is 6.54. The van der Waals surface area contributed by atoms with Crippen molar-refractivity contribution in [2.24, 2.45) is 10.7 Å². The Labute approximate surface area is 116 Å². The van der Waals surface area contributed by atoms with E-state index >= 15 is 0 Å². The second kappa shape index (κ2) is 6.10. The number of rotatable bonds is 5. The molecule has 2 atom stereocenters. The van der Waals surface area contributed by atoms with Gasteiger partial charge in [-0.2, -0.15) is 0 Å². The topological polar surface area (TPSA) is 56.8 Å². The molecule has 0 saturated carbocycles. The standard InChI is InChI=1S/C13H16ClFN2O2/c1-2-10(6-9-7-18-13(16)17-9)19-12-4-3-8(14)5-11(12)15/h3-5,9-10H,2,6-7H2,1H3,(H2,16,17)/t9-,10+/m0/s1. The maximum atomic E-state index is 13.6. The van der Waals surface area contributed by atoms with Crippen LogP contribution in [-0.2, 0) is 4.74 Å². The van der Waals surface area contributed by atoms with Crippen molar-refractivity contribution < 1.29 is 13.9 Å². The zero-order chi connectivity index (χ0) is 13.8. The highest BCUT2D eigenvalue weighted by molar-refractivity contribution is 6.30. The average Bonchev–Trinajstić information content (AvgIpc) is 2.77. The Balaban J connectivity index is 1.98. The van der Waals surface area contributed by atoms with Crippen LogP contribution in [0.15, 0.2) is 23.2 Å². The monoisotopic (exact) mass is 286 g/mol. The molecular formula is C13H16ClFN2O2. The number of ether oxygens (including phenoxy) is 2. The first-order valence-electron chi connectivity index (χ1n) is 6.16. The van der Waals surface area contributed by atoms with Gasteiger partial charge in [-0.25, -0.2) is 9.38 Å². The zero-order valence-electron chi connectivity index (χ0n) is 10.6. The van der Waals surface area contributed by atoms with Crippen LogP contribution in [0, 0.1) is 5.82 Å². The molecule has 1 heterocycles. The van der Waals surface area contributed by atoms with Crippen LogP contribution >= 0.6 is 11.6 Å². The Kier molecular flexibility index (Phi) is 4.47. The lowest BCUT2D eigenvalue weighted by Gasteiger charge is -2.19. The largest absolute Gasteiger partial charge is 0.487 e. The van der Waals surface area contributed by atoms with E-state index in [-0.39, 0.29) is 23.9 Å². The van der Waals surface area contributed by atoms with Crippen molar-refractivity contribution in [1.82, 2.24) is 0 Å². The van der Waals surface area contributed by atoms with Gasteiger partial charge in [0.2, 0.25) is 0 Å². The maximum Gasteiger partial charge on any atom is 0.282 e. The van der Waals surface area contributed by atoms with E-state index in [4.69, 9.17) is 26.8 Å². The van der Waals surface area contributed by atoms with Gasteiger partial charge in [-0.05, 0) is 24.6 Å². The SMILES string of the molecule is CC[C@H](C[C@H]1COC(N)=N1)Oc1ccc(Cl)cc1F. The van der Waals surface area contributed by atoms with Crippen molar-refractivity contribution >= 4 is 17.6 Å². The fourth-order valence-electron chi connectivity index (χ4n) is 1.91. The molecule has 0 aromatic heterocycles. The second-order valence-electron chi connectivity index (χ2n) is 4.39. The van der Waals surface area contributed by atoms with Crippen LogP contribution in [0.25, 0.3) is 0 Å². The van der Waals surface area contributed by atoms with E-state index in [0.717, 1.165) is 6.42 Å². The minimum absolute atomic E-state index is 0.0275. The normalized spacial score (nSPS) is 19.7. The molecule has 0 fully saturated rings. The van der Waals surface area contributed by atoms with Gasteiger partial charge < -0.3 is 15.2 Å². The minimum atomic E-state index is -0.461. The highest BCUT2D eigenvalue weighted by atomic mass is 35.5. The average molecular weight is 287 g/mol. The quantitative estimate of drug-likeness (QED) is 0.905. The predicted molar refractivity (Wildman–Crippen MR) is 72.1 cm³/mol. The molecule has 0 spiro atoms. The van der Waals surface area contributed by atoms with E-state index in [2.05, 4.69) is 4.99 Å². The molecule has 1 aromatic carbocycles. The van der Waals surface area contributed by atoms with E-state index in [1.165, 1.54) is 12.1 Å². The number of nitrogens with two attached hydrogens (primary N) is 1. The summed E-state index contributed by atoms with van der Waals surface area (Å²) < 4.78 is 24.4. The summed E-state index contributed by atoms with van der Waals surface area (Å²) in [4.78, 5) is 4.13. The van der Waals surface area contributed by atoms with Gasteiger partial charge in [0.1, 0.15) is 12.7 Å². The summed E-state index contributed by atoms with van der Waals surface area (Å²) in [5, 5.41) is 0.347. The van der Waals surface area contributed by atoms with Gasteiger partial charge in [0.05, 0.1) is 6.04 Å². The van der Waals surface area contributed by atoms with Crippen LogP contribution in [0.5, 0.6) is 5.75 Å². The highest BCUT2D eigenvalue weighted by Gasteiger charge is 2.22. The van der Waals surface area contributed by atoms with Gasteiger partial charge in [0, 0.05) is 11.4 Å². The smallest absolute Gasteiger partial charge is 0.282 e. The molecule has 0 amide bonds. The van der Waals surface area contributed by atoms with Gasteiger partial charge in [-0.1, -0.05) is 18.5 Å². The molecule has 1 aliphatic rings. The minimum Gasteiger partial charge on any atom is -0.487 e. The molecule has 0 saturated heterocycles. The number of nitrogens with zero attached hydrogens (tertiary/aromatic N) is 1. The fraction of sp³-hybridized carbons (Fsp3) is 0.462. The molecule has 0 bridgehead atoms. The number of hydrogen-bond acceptors (Lipinski definition) is 4. The molecule has 2 N–H and O–H groups in total. The van der Waals surface area contributed by atoms with Gasteiger partial charge in [-0.15, -0.1) is 0 Å². The van der Waals surface area contributed by atoms with Crippen molar-refractivity contribution in [3.8, 4) is 5.75 Å². The molecule has 0 aliphatic carbocycles. The molecule has 4 nitrogen and oxygen atoms in total. The Morgan fingerprint density at radius 3 is 3.00 bits per heavy atom. The molecule has 2 rings (SSSR count). The summed E-state index contributed by atoms with van der Waals surface area (Å²) in [6, 6.07) is 4.54. The molecule has 104 valence electrons. The van der Waals surface area contributed by atoms with Gasteiger partial charge in [0.25, 0.3) is 6.02 Å². The summed E-state index contributed by atoms with van der Waals surface area (Å²) in [7, 11) is 0. The Morgan fingerprint density at radius 1 is 1.63 bits per heavy atom. The second-order valence-corrected chi connectivity index (χ2v) is 4.83. The molecular weight excluding hydrogens is 271 g/mol. The molecule has 1 aromatic rings. The zero-order valence-corrected chi connectivity index (χ0v) is 11.4. The summed E-state index contributed by atoms with van der Waals surface area (Å²) in [5.74, 6) is -0.260. The number of aliphatic imine (C=N–C) groups is 1. The third kappa shape index (κ3) is 3.73. The third-order valence-electron chi connectivity index (χ3n) is 2.91. The van der Waals surface area contributed by atoms with E-state index in [1.807, 2.05) is 6.92 Å². The number of halogens is 2. The van der Waals surface area contributed by atoms with E-state index < -0.39 is 5.82 Å². The molecule has 1 aliphatic heterocycles. The lowest BCUT2D eigenvalue weighted by atomic mass is 10.1. The van der Waals surface area contributed by atoms with E-state index in [9.17, 15) is 4.39 Å². The maximum absolute atomic E-state index is 13.6. The fourth-order valence-corrected chi connectivity index (χ4v) is 2.07. The van der Waals surface area contributed by atoms with Crippen LogP contribution in [0.3, 0.4) is 0 Å². The molecule has 6 heteroatoms. The van der Waals surface area contributed by atoms with E-state index in [0.29, 0.717) is 18.1 Å². The summed E-state index contributed by atoms with van der Waals surface area (Å²) in [5.41, 5.74) is 5.45. The molecule has 0 unspecified atom stereocenters. The van der Waals surface area contributed by atoms with Crippen LogP contribution in [0.4, 0.5) is 4.39 Å². The summed E-state index contributed by atoms with van der Waals surface area (Å²) in [6.45, 7) is 2.43. The Morgan fingerprint density at radius 2 is 2.42 bits per heavy atom. The number of benzene rings is 1. The van der Waals surface area contributed by atoms with Crippen LogP contribution < -0.4 is 10.5 Å². The lowest BCUT2D eigenvalue weighted by Crippen LogP contribution is -2.23. The van der Waals surface area contributed by atoms with Crippen LogP contribution in [0.1, 0.15) is 19.8 Å². The van der Waals surface area contributed by atoms with Crippen molar-refractivity contribution in [1.29, 1.82) is 0 Å². The summed E-state index contributed by atoms with van der Waals surface area (Å²) in [6.07, 6.45) is 1.24. The van der Waals surface area contributed by atoms with Gasteiger partial charge in [0.15, 0.2) is 11.6 Å². The summed E-state index contributed by atoms with van der Waals surface area (Å²) >= 11 is 5.70. The third-order valence-corrected chi connectivity index (χ3v) is 3.15. The number of amidine groups is 1. The van der Waals surface area contributed by atoms with Crippen molar-refractivity contribution in [2.45, 2.75) is 31.9 Å². The van der Waals surface area contributed by atoms with Crippen LogP contribution in [-0.4, -0.2) is 24.8 Å². The van der Waals surface area contributed by atoms with Crippen LogP contribution in [0.2, 0.25) is 5.02 Å². The van der Waals surface area contributed by atoms with E-state index in [1.54, 1.807) is 6.07 Å². The van der Waals surface area contributed by atoms with Gasteiger partial charge in [-0.3, -0.25) is 0 Å². The highest BCUT2D eigenvalue weighted by Crippen LogP contribution is 2.24.